The lowest BCUT2D eigenvalue weighted by molar-refractivity contribution is -0.115. The number of carbonyl (C=O) groups excluding carboxylic acids is 1. The zero-order valence-corrected chi connectivity index (χ0v) is 19.9. The standard InChI is InChI=1S/C31H29NO2/c1-20-16-21(2)31(22(3)17-20)25-8-11-28(12-9-25)32-30(33)18-23-4-6-24(7-5-23)26-10-13-29-27(19-26)14-15-34-29/h4-13,16-17,19H,14-15,18H2,1-3H3,(H,32,33). The summed E-state index contributed by atoms with van der Waals surface area (Å²) in [4.78, 5) is 12.6. The Morgan fingerprint density at radius 3 is 2.15 bits per heavy atom. The first-order valence-electron chi connectivity index (χ1n) is 11.8. The van der Waals surface area contributed by atoms with Gasteiger partial charge < -0.3 is 10.1 Å². The van der Waals surface area contributed by atoms with E-state index in [-0.39, 0.29) is 5.91 Å². The monoisotopic (exact) mass is 447 g/mol. The van der Waals surface area contributed by atoms with Gasteiger partial charge >= 0.3 is 0 Å². The van der Waals surface area contributed by atoms with Crippen LogP contribution in [0.2, 0.25) is 0 Å². The van der Waals surface area contributed by atoms with Crippen LogP contribution in [0.4, 0.5) is 5.69 Å². The van der Waals surface area contributed by atoms with Gasteiger partial charge in [0.05, 0.1) is 13.0 Å². The predicted octanol–water partition coefficient (Wildman–Crippen LogP) is 7.06. The fourth-order valence-corrected chi connectivity index (χ4v) is 4.93. The molecule has 3 nitrogen and oxygen atoms in total. The number of carbonyl (C=O) groups is 1. The van der Waals surface area contributed by atoms with Crippen molar-refractivity contribution in [2.45, 2.75) is 33.6 Å². The molecule has 0 saturated carbocycles. The summed E-state index contributed by atoms with van der Waals surface area (Å²) in [5, 5.41) is 3.03. The van der Waals surface area contributed by atoms with E-state index in [0.29, 0.717) is 6.42 Å². The lowest BCUT2D eigenvalue weighted by Gasteiger charge is -2.13. The van der Waals surface area contributed by atoms with Crippen molar-refractivity contribution in [1.82, 2.24) is 0 Å². The van der Waals surface area contributed by atoms with Crippen molar-refractivity contribution in [3.63, 3.8) is 0 Å². The molecular weight excluding hydrogens is 418 g/mol. The van der Waals surface area contributed by atoms with Gasteiger partial charge in [-0.3, -0.25) is 4.79 Å². The summed E-state index contributed by atoms with van der Waals surface area (Å²) in [6, 6.07) is 27.1. The molecule has 1 aliphatic heterocycles. The maximum Gasteiger partial charge on any atom is 0.228 e. The van der Waals surface area contributed by atoms with E-state index in [1.54, 1.807) is 0 Å². The van der Waals surface area contributed by atoms with Crippen LogP contribution in [0.15, 0.2) is 78.9 Å². The molecule has 0 fully saturated rings. The highest BCUT2D eigenvalue weighted by molar-refractivity contribution is 5.92. The fraction of sp³-hybridized carbons (Fsp3) is 0.194. The van der Waals surface area contributed by atoms with Gasteiger partial charge in [0.25, 0.3) is 0 Å². The zero-order valence-electron chi connectivity index (χ0n) is 19.9. The molecule has 0 unspecified atom stereocenters. The van der Waals surface area contributed by atoms with E-state index in [1.165, 1.54) is 38.9 Å². The Bertz CT molecular complexity index is 1330. The molecule has 4 aromatic rings. The summed E-state index contributed by atoms with van der Waals surface area (Å²) in [7, 11) is 0. The van der Waals surface area contributed by atoms with Crippen molar-refractivity contribution < 1.29 is 9.53 Å². The smallest absolute Gasteiger partial charge is 0.228 e. The minimum Gasteiger partial charge on any atom is -0.493 e. The van der Waals surface area contributed by atoms with Gasteiger partial charge in [0.2, 0.25) is 5.91 Å². The summed E-state index contributed by atoms with van der Waals surface area (Å²) in [5.41, 5.74) is 11.6. The quantitative estimate of drug-likeness (QED) is 0.356. The first-order valence-corrected chi connectivity index (χ1v) is 11.8. The fourth-order valence-electron chi connectivity index (χ4n) is 4.93. The van der Waals surface area contributed by atoms with Crippen LogP contribution in [0.25, 0.3) is 22.3 Å². The molecule has 1 amide bonds. The van der Waals surface area contributed by atoms with Gasteiger partial charge in [-0.15, -0.1) is 0 Å². The highest BCUT2D eigenvalue weighted by atomic mass is 16.5. The molecule has 1 N–H and O–H groups in total. The van der Waals surface area contributed by atoms with Gasteiger partial charge in [0.15, 0.2) is 0 Å². The van der Waals surface area contributed by atoms with Crippen LogP contribution in [0, 0.1) is 20.8 Å². The molecule has 4 aromatic carbocycles. The van der Waals surface area contributed by atoms with Crippen LogP contribution in [-0.2, 0) is 17.6 Å². The van der Waals surface area contributed by atoms with Crippen LogP contribution < -0.4 is 10.1 Å². The largest absolute Gasteiger partial charge is 0.493 e. The van der Waals surface area contributed by atoms with Crippen LogP contribution >= 0.6 is 0 Å². The van der Waals surface area contributed by atoms with Crippen LogP contribution in [-0.4, -0.2) is 12.5 Å². The van der Waals surface area contributed by atoms with E-state index in [2.05, 4.69) is 74.6 Å². The van der Waals surface area contributed by atoms with Crippen molar-refractivity contribution in [1.29, 1.82) is 0 Å². The van der Waals surface area contributed by atoms with E-state index in [9.17, 15) is 4.79 Å². The van der Waals surface area contributed by atoms with Gasteiger partial charge in [-0.05, 0) is 89.5 Å². The molecule has 170 valence electrons. The van der Waals surface area contributed by atoms with Crippen molar-refractivity contribution in [3.8, 4) is 28.0 Å². The van der Waals surface area contributed by atoms with E-state index >= 15 is 0 Å². The second kappa shape index (κ2) is 9.18. The Morgan fingerprint density at radius 2 is 1.44 bits per heavy atom. The average Bonchev–Trinajstić information content (AvgIpc) is 3.28. The second-order valence-electron chi connectivity index (χ2n) is 9.19. The molecule has 0 atom stereocenters. The summed E-state index contributed by atoms with van der Waals surface area (Å²) in [6.07, 6.45) is 1.31. The van der Waals surface area contributed by atoms with Gasteiger partial charge in [-0.25, -0.2) is 0 Å². The van der Waals surface area contributed by atoms with Crippen molar-refractivity contribution in [3.05, 3.63) is 107 Å². The Hall–Kier alpha value is -3.85. The van der Waals surface area contributed by atoms with Crippen LogP contribution in [0.1, 0.15) is 27.8 Å². The minimum atomic E-state index is -0.0159. The summed E-state index contributed by atoms with van der Waals surface area (Å²) in [6.45, 7) is 7.18. The number of rotatable bonds is 5. The number of benzene rings is 4. The minimum absolute atomic E-state index is 0.0159. The normalized spacial score (nSPS) is 12.2. The molecule has 5 rings (SSSR count). The predicted molar refractivity (Wildman–Crippen MR) is 139 cm³/mol. The van der Waals surface area contributed by atoms with Crippen molar-refractivity contribution >= 4 is 11.6 Å². The van der Waals surface area contributed by atoms with Crippen LogP contribution in [0.3, 0.4) is 0 Å². The number of aryl methyl sites for hydroxylation is 3. The summed E-state index contributed by atoms with van der Waals surface area (Å²) >= 11 is 0. The maximum absolute atomic E-state index is 12.6. The van der Waals surface area contributed by atoms with Gasteiger partial charge in [-0.1, -0.05) is 60.2 Å². The number of nitrogens with one attached hydrogen (secondary N) is 1. The molecule has 0 aliphatic carbocycles. The molecule has 1 aliphatic rings. The molecule has 3 heteroatoms. The first kappa shape index (κ1) is 22.0. The van der Waals surface area contributed by atoms with E-state index in [4.69, 9.17) is 4.74 Å². The third kappa shape index (κ3) is 4.60. The molecule has 0 bridgehead atoms. The lowest BCUT2D eigenvalue weighted by atomic mass is 9.94. The second-order valence-corrected chi connectivity index (χ2v) is 9.19. The third-order valence-electron chi connectivity index (χ3n) is 6.48. The van der Waals surface area contributed by atoms with E-state index in [0.717, 1.165) is 35.6 Å². The van der Waals surface area contributed by atoms with E-state index < -0.39 is 0 Å². The summed E-state index contributed by atoms with van der Waals surface area (Å²) < 4.78 is 5.60. The van der Waals surface area contributed by atoms with Crippen LogP contribution in [0.5, 0.6) is 5.75 Å². The molecule has 0 radical (unpaired) electrons. The maximum atomic E-state index is 12.6. The number of amides is 1. The molecule has 1 heterocycles. The topological polar surface area (TPSA) is 38.3 Å². The van der Waals surface area contributed by atoms with E-state index in [1.807, 2.05) is 30.3 Å². The first-order chi connectivity index (χ1) is 16.5. The van der Waals surface area contributed by atoms with Crippen molar-refractivity contribution in [2.24, 2.45) is 0 Å². The van der Waals surface area contributed by atoms with Crippen molar-refractivity contribution in [2.75, 3.05) is 11.9 Å². The van der Waals surface area contributed by atoms with Gasteiger partial charge in [0, 0.05) is 12.1 Å². The Labute approximate surface area is 201 Å². The third-order valence-corrected chi connectivity index (χ3v) is 6.48. The molecular formula is C31H29NO2. The molecule has 0 aromatic heterocycles. The molecule has 0 spiro atoms. The highest BCUT2D eigenvalue weighted by Crippen LogP contribution is 2.31. The number of hydrogen-bond donors (Lipinski definition) is 1. The lowest BCUT2D eigenvalue weighted by Crippen LogP contribution is -2.14. The number of hydrogen-bond acceptors (Lipinski definition) is 2. The average molecular weight is 448 g/mol. The highest BCUT2D eigenvalue weighted by Gasteiger charge is 2.13. The Kier molecular flexibility index (Phi) is 5.93. The number of ether oxygens (including phenoxy) is 1. The Balaban J connectivity index is 1.23. The summed E-state index contributed by atoms with van der Waals surface area (Å²) in [5.74, 6) is 0.979. The van der Waals surface area contributed by atoms with Gasteiger partial charge in [-0.2, -0.15) is 0 Å². The van der Waals surface area contributed by atoms with Gasteiger partial charge in [0.1, 0.15) is 5.75 Å². The molecule has 34 heavy (non-hydrogen) atoms. The number of anilines is 1. The zero-order chi connectivity index (χ0) is 23.7. The number of fused-ring (bicyclic) bond motifs is 1. The molecule has 0 saturated heterocycles. The SMILES string of the molecule is Cc1cc(C)c(-c2ccc(NC(=O)Cc3ccc(-c4ccc5c(c4)CCO5)cc3)cc2)c(C)c1. The Morgan fingerprint density at radius 1 is 0.794 bits per heavy atom.